The first-order chi connectivity index (χ1) is 11.7. The van der Waals surface area contributed by atoms with Gasteiger partial charge in [0.05, 0.1) is 24.9 Å². The summed E-state index contributed by atoms with van der Waals surface area (Å²) in [6.45, 7) is 0.479. The molecule has 0 fully saturated rings. The van der Waals surface area contributed by atoms with Crippen molar-refractivity contribution in [3.05, 3.63) is 66.1 Å². The van der Waals surface area contributed by atoms with Crippen LogP contribution in [0, 0.1) is 0 Å². The van der Waals surface area contributed by atoms with Gasteiger partial charge in [-0.1, -0.05) is 24.3 Å². The van der Waals surface area contributed by atoms with Gasteiger partial charge in [0.2, 0.25) is 5.91 Å². The first kappa shape index (κ1) is 15.7. The van der Waals surface area contributed by atoms with E-state index >= 15 is 0 Å². The number of hydrogen-bond acceptors (Lipinski definition) is 4. The number of hydrogen-bond donors (Lipinski definition) is 1. The molecule has 122 valence electrons. The van der Waals surface area contributed by atoms with E-state index in [-0.39, 0.29) is 12.5 Å². The molecule has 0 saturated carbocycles. The zero-order valence-electron chi connectivity index (χ0n) is 13.2. The third kappa shape index (κ3) is 3.27. The molecule has 0 bridgehead atoms. The van der Waals surface area contributed by atoms with E-state index in [0.717, 1.165) is 16.6 Å². The number of para-hydroxylation sites is 1. The zero-order chi connectivity index (χ0) is 16.9. The molecule has 0 aliphatic rings. The van der Waals surface area contributed by atoms with Gasteiger partial charge in [-0.15, -0.1) is 0 Å². The maximum absolute atomic E-state index is 12.2. The topological polar surface area (TPSA) is 73.2 Å². The molecular formula is C18H17N3O3. The molecule has 0 aliphatic heterocycles. The van der Waals surface area contributed by atoms with Crippen LogP contribution >= 0.6 is 0 Å². The van der Waals surface area contributed by atoms with Crippen LogP contribution in [0.3, 0.4) is 0 Å². The van der Waals surface area contributed by atoms with Crippen molar-refractivity contribution in [3.8, 4) is 0 Å². The molecule has 3 rings (SSSR count). The van der Waals surface area contributed by atoms with Crippen molar-refractivity contribution < 1.29 is 14.3 Å². The molecule has 0 atom stereocenters. The number of nitrogens with zero attached hydrogens (tertiary/aromatic N) is 2. The van der Waals surface area contributed by atoms with Crippen LogP contribution in [0.2, 0.25) is 0 Å². The Balaban J connectivity index is 1.77. The van der Waals surface area contributed by atoms with Crippen molar-refractivity contribution in [2.75, 3.05) is 7.11 Å². The van der Waals surface area contributed by atoms with E-state index in [1.807, 2.05) is 42.5 Å². The van der Waals surface area contributed by atoms with E-state index in [4.69, 9.17) is 4.74 Å². The fourth-order valence-corrected chi connectivity index (χ4v) is 2.55. The first-order valence-electron chi connectivity index (χ1n) is 7.52. The Kier molecular flexibility index (Phi) is 4.56. The number of rotatable bonds is 5. The van der Waals surface area contributed by atoms with Gasteiger partial charge in [-0.05, 0) is 18.2 Å². The highest BCUT2D eigenvalue weighted by atomic mass is 16.5. The second kappa shape index (κ2) is 6.95. The molecule has 0 aliphatic carbocycles. The highest BCUT2D eigenvalue weighted by molar-refractivity contribution is 6.04. The molecule has 3 aromatic rings. The minimum absolute atomic E-state index is 0.115. The Morgan fingerprint density at radius 3 is 2.71 bits per heavy atom. The van der Waals surface area contributed by atoms with Crippen LogP contribution in [-0.4, -0.2) is 28.5 Å². The molecular weight excluding hydrogens is 306 g/mol. The average molecular weight is 323 g/mol. The number of carbonyl (C=O) groups excluding carboxylic acids is 2. The van der Waals surface area contributed by atoms with E-state index in [0.29, 0.717) is 12.1 Å². The fraction of sp³-hybridized carbons (Fsp3) is 0.167. The smallest absolute Gasteiger partial charge is 0.340 e. The Morgan fingerprint density at radius 2 is 1.96 bits per heavy atom. The second-order valence-electron chi connectivity index (χ2n) is 5.28. The van der Waals surface area contributed by atoms with Crippen molar-refractivity contribution >= 4 is 22.8 Å². The maximum Gasteiger partial charge on any atom is 0.340 e. The molecule has 1 N–H and O–H groups in total. The Morgan fingerprint density at radius 1 is 1.17 bits per heavy atom. The standard InChI is InChI=1S/C18H17N3O3/c1-24-18(23)15-11-21(16-8-3-2-7-14(15)16)12-17(22)20-10-13-6-4-5-9-19-13/h2-9,11H,10,12H2,1H3,(H,20,22). The fourth-order valence-electron chi connectivity index (χ4n) is 2.55. The number of carbonyl (C=O) groups is 2. The summed E-state index contributed by atoms with van der Waals surface area (Å²) >= 11 is 0. The number of esters is 1. The largest absolute Gasteiger partial charge is 0.465 e. The number of nitrogens with one attached hydrogen (secondary N) is 1. The summed E-state index contributed by atoms with van der Waals surface area (Å²) in [5.74, 6) is -0.573. The molecule has 0 saturated heterocycles. The third-order valence-electron chi connectivity index (χ3n) is 3.70. The van der Waals surface area contributed by atoms with Gasteiger partial charge in [0, 0.05) is 23.3 Å². The van der Waals surface area contributed by atoms with Crippen LogP contribution < -0.4 is 5.32 Å². The molecule has 6 heteroatoms. The Labute approximate surface area is 139 Å². The van der Waals surface area contributed by atoms with E-state index in [1.54, 1.807) is 17.0 Å². The summed E-state index contributed by atoms with van der Waals surface area (Å²) in [5, 5.41) is 3.59. The van der Waals surface area contributed by atoms with Gasteiger partial charge < -0.3 is 14.6 Å². The average Bonchev–Trinajstić information content (AvgIpc) is 2.99. The van der Waals surface area contributed by atoms with Gasteiger partial charge in [-0.2, -0.15) is 0 Å². The van der Waals surface area contributed by atoms with Gasteiger partial charge in [0.15, 0.2) is 0 Å². The van der Waals surface area contributed by atoms with E-state index in [1.165, 1.54) is 7.11 Å². The monoisotopic (exact) mass is 323 g/mol. The van der Waals surface area contributed by atoms with Crippen LogP contribution in [0.1, 0.15) is 16.1 Å². The van der Waals surface area contributed by atoms with Crippen molar-refractivity contribution in [2.24, 2.45) is 0 Å². The molecule has 1 aromatic carbocycles. The minimum Gasteiger partial charge on any atom is -0.465 e. The Bertz CT molecular complexity index is 872. The molecule has 24 heavy (non-hydrogen) atoms. The molecule has 6 nitrogen and oxygen atoms in total. The van der Waals surface area contributed by atoms with Crippen molar-refractivity contribution in [1.29, 1.82) is 0 Å². The minimum atomic E-state index is -0.418. The van der Waals surface area contributed by atoms with Crippen molar-refractivity contribution in [3.63, 3.8) is 0 Å². The number of ether oxygens (including phenoxy) is 1. The number of pyridine rings is 1. The number of amides is 1. The van der Waals surface area contributed by atoms with E-state index < -0.39 is 5.97 Å². The lowest BCUT2D eigenvalue weighted by Crippen LogP contribution is -2.27. The molecule has 1 amide bonds. The van der Waals surface area contributed by atoms with E-state index in [2.05, 4.69) is 10.3 Å². The summed E-state index contributed by atoms with van der Waals surface area (Å²) in [6, 6.07) is 13.0. The van der Waals surface area contributed by atoms with Gasteiger partial charge in [0.25, 0.3) is 0 Å². The predicted octanol–water partition coefficient (Wildman–Crippen LogP) is 2.14. The van der Waals surface area contributed by atoms with Crippen LogP contribution in [0.15, 0.2) is 54.9 Å². The quantitative estimate of drug-likeness (QED) is 0.730. The molecule has 2 heterocycles. The normalized spacial score (nSPS) is 10.5. The second-order valence-corrected chi connectivity index (χ2v) is 5.28. The zero-order valence-corrected chi connectivity index (χ0v) is 13.2. The van der Waals surface area contributed by atoms with E-state index in [9.17, 15) is 9.59 Å². The highest BCUT2D eigenvalue weighted by Crippen LogP contribution is 2.21. The van der Waals surface area contributed by atoms with Crippen molar-refractivity contribution in [1.82, 2.24) is 14.9 Å². The number of aromatic nitrogens is 2. The predicted molar refractivity (Wildman–Crippen MR) is 89.4 cm³/mol. The van der Waals surface area contributed by atoms with Crippen LogP contribution in [0.5, 0.6) is 0 Å². The molecule has 0 unspecified atom stereocenters. The first-order valence-corrected chi connectivity index (χ1v) is 7.52. The summed E-state index contributed by atoms with van der Waals surface area (Å²) in [7, 11) is 1.34. The summed E-state index contributed by atoms with van der Waals surface area (Å²) in [4.78, 5) is 28.3. The van der Waals surface area contributed by atoms with Crippen LogP contribution in [-0.2, 0) is 22.6 Å². The lowest BCUT2D eigenvalue weighted by Gasteiger charge is -2.07. The van der Waals surface area contributed by atoms with Gasteiger partial charge in [0.1, 0.15) is 6.54 Å². The van der Waals surface area contributed by atoms with Gasteiger partial charge in [-0.25, -0.2) is 4.79 Å². The highest BCUT2D eigenvalue weighted by Gasteiger charge is 2.16. The molecule has 0 radical (unpaired) electrons. The summed E-state index contributed by atoms with van der Waals surface area (Å²) in [6.07, 6.45) is 3.33. The third-order valence-corrected chi connectivity index (χ3v) is 3.70. The number of benzene rings is 1. The summed E-state index contributed by atoms with van der Waals surface area (Å²) < 4.78 is 6.55. The molecule has 2 aromatic heterocycles. The lowest BCUT2D eigenvalue weighted by atomic mass is 10.2. The molecule has 0 spiro atoms. The Hall–Kier alpha value is -3.15. The summed E-state index contributed by atoms with van der Waals surface area (Å²) in [5.41, 5.74) is 2.05. The van der Waals surface area contributed by atoms with Crippen LogP contribution in [0.25, 0.3) is 10.9 Å². The maximum atomic E-state index is 12.2. The van der Waals surface area contributed by atoms with Gasteiger partial charge >= 0.3 is 5.97 Å². The van der Waals surface area contributed by atoms with Crippen LogP contribution in [0.4, 0.5) is 0 Å². The lowest BCUT2D eigenvalue weighted by molar-refractivity contribution is -0.121. The number of fused-ring (bicyclic) bond motifs is 1. The van der Waals surface area contributed by atoms with Gasteiger partial charge in [-0.3, -0.25) is 9.78 Å². The SMILES string of the molecule is COC(=O)c1cn(CC(=O)NCc2ccccn2)c2ccccc12. The number of methoxy groups -OCH3 is 1. The van der Waals surface area contributed by atoms with Crippen molar-refractivity contribution in [2.45, 2.75) is 13.1 Å².